The molecule has 18 nitrogen and oxygen atoms in total. The van der Waals surface area contributed by atoms with E-state index in [0.29, 0.717) is 63.4 Å². The van der Waals surface area contributed by atoms with Gasteiger partial charge in [0.25, 0.3) is 11.7 Å². The number of Topliss-reactive ketones (excluding diaryl/α,β-unsaturated/α-hetero) is 3. The second kappa shape index (κ2) is 28.6. The number of ether oxygens (including phenoxy) is 6. The van der Waals surface area contributed by atoms with Gasteiger partial charge in [0.15, 0.2) is 5.78 Å². The molecule has 0 aromatic rings. The summed E-state index contributed by atoms with van der Waals surface area (Å²) in [4.78, 5) is 85.8. The summed E-state index contributed by atoms with van der Waals surface area (Å²) in [5, 5.41) is 53.8. The van der Waals surface area contributed by atoms with Crippen molar-refractivity contribution in [3.05, 3.63) is 59.3 Å². The van der Waals surface area contributed by atoms with Crippen LogP contribution in [0.5, 0.6) is 0 Å². The highest BCUT2D eigenvalue weighted by Crippen LogP contribution is 2.38. The number of nitrogens with zero attached hydrogens (tertiary/aromatic N) is 1. The molecule has 0 aromatic carbocycles. The summed E-state index contributed by atoms with van der Waals surface area (Å²) >= 11 is 0. The predicted molar refractivity (Wildman–Crippen MR) is 280 cm³/mol. The summed E-state index contributed by atoms with van der Waals surface area (Å²) in [6, 6.07) is -1.21. The van der Waals surface area contributed by atoms with Crippen molar-refractivity contribution in [3.63, 3.8) is 0 Å². The number of aliphatic hydroxyl groups excluding tert-OH is 4. The first kappa shape index (κ1) is 62.6. The maximum atomic E-state index is 14.6. The first-order valence-corrected chi connectivity index (χ1v) is 27.4. The Morgan fingerprint density at radius 2 is 1.54 bits per heavy atom. The highest BCUT2D eigenvalue weighted by molar-refractivity contribution is 6.39. The molecule has 0 aromatic heterocycles. The van der Waals surface area contributed by atoms with E-state index in [-0.39, 0.29) is 61.2 Å². The fraction of sp³-hybridized carbons (Fsp3) is 0.724. The van der Waals surface area contributed by atoms with Crippen LogP contribution in [-0.4, -0.2) is 166 Å². The summed E-state index contributed by atoms with van der Waals surface area (Å²) in [6.45, 7) is 12.5. The number of fused-ring (bicyclic) bond motifs is 3. The Bertz CT molecular complexity index is 2180. The number of hydrogen-bond acceptors (Lipinski definition) is 17. The number of ketones is 3. The Kier molecular flexibility index (Phi) is 23.5. The van der Waals surface area contributed by atoms with Crippen LogP contribution in [0.4, 0.5) is 0 Å². The quantitative estimate of drug-likeness (QED) is 0.120. The van der Waals surface area contributed by atoms with Crippen LogP contribution in [0.1, 0.15) is 132 Å². The van der Waals surface area contributed by atoms with Crippen molar-refractivity contribution in [2.45, 2.75) is 205 Å². The van der Waals surface area contributed by atoms with Crippen LogP contribution in [0, 0.1) is 35.5 Å². The Labute approximate surface area is 448 Å². The van der Waals surface area contributed by atoms with Gasteiger partial charge < -0.3 is 58.9 Å². The van der Waals surface area contributed by atoms with Crippen molar-refractivity contribution < 1.29 is 82.7 Å². The Morgan fingerprint density at radius 1 is 0.816 bits per heavy atom. The van der Waals surface area contributed by atoms with E-state index >= 15 is 0 Å². The fourth-order valence-corrected chi connectivity index (χ4v) is 11.5. The molecule has 5 rings (SSSR count). The average Bonchev–Trinajstić information content (AvgIpc) is 3.39. The summed E-state index contributed by atoms with van der Waals surface area (Å²) < 4.78 is 35.6. The number of carbonyl (C=O) groups is 6. The Hall–Kier alpha value is -4.24. The van der Waals surface area contributed by atoms with Gasteiger partial charge in [-0.25, -0.2) is 9.59 Å². The van der Waals surface area contributed by atoms with Gasteiger partial charge in [-0.3, -0.25) is 19.2 Å². The van der Waals surface area contributed by atoms with E-state index in [1.807, 2.05) is 51.2 Å². The molecular formula is C58H87NO17. The van der Waals surface area contributed by atoms with Gasteiger partial charge in [0, 0.05) is 70.5 Å². The van der Waals surface area contributed by atoms with Crippen LogP contribution in [-0.2, 0) is 57.2 Å². The second-order valence-corrected chi connectivity index (χ2v) is 22.4. The zero-order valence-electron chi connectivity index (χ0n) is 46.3. The number of allylic oxidation sites excluding steroid dienone is 6. The number of esters is 2. The lowest BCUT2D eigenvalue weighted by Gasteiger charge is -2.42. The van der Waals surface area contributed by atoms with E-state index in [1.165, 1.54) is 20.3 Å². The maximum Gasteiger partial charge on any atom is 0.334 e. The highest BCUT2D eigenvalue weighted by atomic mass is 16.6. The molecule has 3 aliphatic heterocycles. The average molecular weight is 1070 g/mol. The van der Waals surface area contributed by atoms with Crippen LogP contribution < -0.4 is 0 Å². The zero-order chi connectivity index (χ0) is 56.2. The number of carbonyl (C=O) groups excluding carboxylic acids is 6. The summed E-state index contributed by atoms with van der Waals surface area (Å²) in [5.41, 5.74) is 1.24. The van der Waals surface area contributed by atoms with Crippen molar-refractivity contribution in [3.8, 4) is 0 Å². The zero-order valence-corrected chi connectivity index (χ0v) is 46.3. The van der Waals surface area contributed by atoms with Gasteiger partial charge in [0.05, 0.1) is 24.4 Å². The van der Waals surface area contributed by atoms with E-state index in [0.717, 1.165) is 10.5 Å². The van der Waals surface area contributed by atoms with Crippen LogP contribution in [0.2, 0.25) is 0 Å². The van der Waals surface area contributed by atoms with Crippen LogP contribution >= 0.6 is 0 Å². The third-order valence-corrected chi connectivity index (χ3v) is 16.5. The topological polar surface area (TPSA) is 262 Å². The summed E-state index contributed by atoms with van der Waals surface area (Å²) in [6.07, 6.45) is 6.29. The number of hydrogen-bond donors (Lipinski definition) is 5. The molecule has 18 atom stereocenters. The largest absolute Gasteiger partial charge is 0.460 e. The van der Waals surface area contributed by atoms with Gasteiger partial charge in [-0.05, 0) is 113 Å². The molecule has 1 amide bonds. The number of amides is 1. The molecule has 2 saturated heterocycles. The van der Waals surface area contributed by atoms with E-state index in [2.05, 4.69) is 0 Å². The van der Waals surface area contributed by atoms with E-state index in [4.69, 9.17) is 28.4 Å². The highest BCUT2D eigenvalue weighted by Gasteiger charge is 2.53. The molecule has 0 spiro atoms. The van der Waals surface area contributed by atoms with E-state index in [9.17, 15) is 54.3 Å². The van der Waals surface area contributed by atoms with Gasteiger partial charge >= 0.3 is 11.9 Å². The molecular weight excluding hydrogens is 983 g/mol. The lowest BCUT2D eigenvalue weighted by Crippen LogP contribution is -2.61. The fourth-order valence-electron chi connectivity index (χ4n) is 11.5. The van der Waals surface area contributed by atoms with Crippen LogP contribution in [0.15, 0.2) is 59.3 Å². The number of piperidine rings is 1. The molecule has 3 heterocycles. The minimum Gasteiger partial charge on any atom is -0.460 e. The lowest BCUT2D eigenvalue weighted by molar-refractivity contribution is -0.265. The van der Waals surface area contributed by atoms with Crippen molar-refractivity contribution in [2.75, 3.05) is 27.9 Å². The maximum absolute atomic E-state index is 14.6. The van der Waals surface area contributed by atoms with Gasteiger partial charge in [-0.15, -0.1) is 0 Å². The summed E-state index contributed by atoms with van der Waals surface area (Å²) in [5.74, 6) is -9.49. The Morgan fingerprint density at radius 3 is 2.21 bits per heavy atom. The van der Waals surface area contributed by atoms with Crippen molar-refractivity contribution in [2.24, 2.45) is 35.5 Å². The van der Waals surface area contributed by atoms with Crippen molar-refractivity contribution in [1.82, 2.24) is 4.90 Å². The van der Waals surface area contributed by atoms with Gasteiger partial charge in [0.1, 0.15) is 48.4 Å². The minimum atomic E-state index is -2.48. The molecule has 426 valence electrons. The SMILES string of the molecule is COC1CC2CCC(C)C(O)(O2)C(=O)C(=O)N2CCCCC2C(=O)OC(C(C)CC2CCC(OC(=O)C3=CC(O)C(O)C(O)C3)C(OC)C2)CC(=O)C(C)/C=C(\C)C(O)C(OC)C(=O)C(C)CC(C)/C=C/C=C/C=C/1C. The van der Waals surface area contributed by atoms with Crippen molar-refractivity contribution >= 4 is 35.2 Å². The smallest absolute Gasteiger partial charge is 0.334 e. The molecule has 18 unspecified atom stereocenters. The molecule has 0 radical (unpaired) electrons. The molecule has 3 fully saturated rings. The standard InChI is InChI=1S/C58H87NO17/c1-32-16-12-11-13-17-33(2)47(71-8)30-41-21-19-38(7)58(70,76-41)54(66)55(67)59-23-15-14-18-42(59)57(69)75-48(31-43(60)34(3)25-37(6)51(64)53(73-10)50(63)36(5)24-32)35(4)26-39-20-22-46(49(27-39)72-9)74-56(68)40-28-44(61)52(65)45(62)29-40/h11-13,16-17,25,28,32,34-36,38-39,41-42,44-49,51-53,61-62,64-65,70H,14-15,18-24,26-27,29-31H2,1-10H3/b13-11+,16-12+,33-17+,37-25+. The monoisotopic (exact) mass is 1070 g/mol. The van der Waals surface area contributed by atoms with E-state index < -0.39 is 120 Å². The first-order chi connectivity index (χ1) is 35.9. The molecule has 5 N–H and O–H groups in total. The van der Waals surface area contributed by atoms with Gasteiger partial charge in [0.2, 0.25) is 5.79 Å². The molecule has 18 heteroatoms. The summed E-state index contributed by atoms with van der Waals surface area (Å²) in [7, 11) is 4.41. The number of aliphatic hydroxyl groups is 5. The molecule has 2 bridgehead atoms. The van der Waals surface area contributed by atoms with Crippen LogP contribution in [0.3, 0.4) is 0 Å². The van der Waals surface area contributed by atoms with Crippen LogP contribution in [0.25, 0.3) is 0 Å². The third-order valence-electron chi connectivity index (χ3n) is 16.5. The number of cyclic esters (lactones) is 1. The molecule has 5 aliphatic rings. The minimum absolute atomic E-state index is 0.0136. The number of rotatable bonds is 8. The molecule has 2 aliphatic carbocycles. The lowest BCUT2D eigenvalue weighted by atomic mass is 9.78. The first-order valence-electron chi connectivity index (χ1n) is 27.4. The molecule has 76 heavy (non-hydrogen) atoms. The predicted octanol–water partition coefficient (Wildman–Crippen LogP) is 5.14. The normalized spacial score (nSPS) is 40.3. The molecule has 1 saturated carbocycles. The van der Waals surface area contributed by atoms with Crippen molar-refractivity contribution in [1.29, 1.82) is 0 Å². The Balaban J connectivity index is 1.44. The van der Waals surface area contributed by atoms with Gasteiger partial charge in [-0.2, -0.15) is 0 Å². The second-order valence-electron chi connectivity index (χ2n) is 22.4. The van der Waals surface area contributed by atoms with E-state index in [1.54, 1.807) is 40.9 Å². The third kappa shape index (κ3) is 16.0. The van der Waals surface area contributed by atoms with Gasteiger partial charge in [-0.1, -0.05) is 71.1 Å². The number of methoxy groups -OCH3 is 3.